The average Bonchev–Trinajstić information content (AvgIpc) is 3.00. The van der Waals surface area contributed by atoms with Gasteiger partial charge in [0.1, 0.15) is 12.4 Å². The molecule has 6 heteroatoms. The highest BCUT2D eigenvalue weighted by Gasteiger charge is 2.16. The molecular formula is C17H15NO4S. The van der Waals surface area contributed by atoms with Crippen molar-refractivity contribution in [1.82, 2.24) is 5.16 Å². The van der Waals surface area contributed by atoms with Crippen LogP contribution in [0.15, 0.2) is 75.0 Å². The van der Waals surface area contributed by atoms with E-state index >= 15 is 0 Å². The lowest BCUT2D eigenvalue weighted by Crippen LogP contribution is -2.02. The lowest BCUT2D eigenvalue weighted by atomic mass is 10.3. The van der Waals surface area contributed by atoms with Gasteiger partial charge >= 0.3 is 0 Å². The molecule has 2 aromatic carbocycles. The lowest BCUT2D eigenvalue weighted by molar-refractivity contribution is 0.248. The normalized spacial score (nSPS) is 11.3. The maximum atomic E-state index is 12.5. The number of ether oxygens (including phenoxy) is 1. The predicted molar refractivity (Wildman–Crippen MR) is 83.9 cm³/mol. The van der Waals surface area contributed by atoms with Crippen LogP contribution in [0.1, 0.15) is 11.5 Å². The Morgan fingerprint density at radius 3 is 2.26 bits per heavy atom. The molecule has 3 aromatic rings. The smallest absolute Gasteiger partial charge is 0.206 e. The first kappa shape index (κ1) is 15.3. The molecule has 118 valence electrons. The van der Waals surface area contributed by atoms with Crippen molar-refractivity contribution in [3.05, 3.63) is 72.1 Å². The molecule has 0 amide bonds. The highest BCUT2D eigenvalue weighted by molar-refractivity contribution is 7.91. The SMILES string of the molecule is Cc1cc(COc2ccc(S(=O)(=O)c3ccccc3)cc2)on1. The number of aromatic nitrogens is 1. The van der Waals surface area contributed by atoms with Crippen molar-refractivity contribution in [2.45, 2.75) is 23.3 Å². The molecule has 0 saturated carbocycles. The standard InChI is InChI=1S/C17H15NO4S/c1-13-11-15(22-18-13)12-21-14-7-9-17(10-8-14)23(19,20)16-5-3-2-4-6-16/h2-11H,12H2,1H3. The van der Waals surface area contributed by atoms with Crippen molar-refractivity contribution in [1.29, 1.82) is 0 Å². The zero-order chi connectivity index (χ0) is 16.3. The second kappa shape index (κ2) is 6.26. The monoisotopic (exact) mass is 329 g/mol. The van der Waals surface area contributed by atoms with Crippen LogP contribution in [-0.2, 0) is 16.4 Å². The number of rotatable bonds is 5. The summed E-state index contributed by atoms with van der Waals surface area (Å²) in [7, 11) is -3.50. The van der Waals surface area contributed by atoms with Gasteiger partial charge in [-0.3, -0.25) is 0 Å². The quantitative estimate of drug-likeness (QED) is 0.717. The van der Waals surface area contributed by atoms with Crippen LogP contribution < -0.4 is 4.74 Å². The third-order valence-electron chi connectivity index (χ3n) is 3.25. The Balaban J connectivity index is 1.74. The summed E-state index contributed by atoms with van der Waals surface area (Å²) in [5, 5.41) is 3.77. The third kappa shape index (κ3) is 3.43. The molecule has 0 fully saturated rings. The van der Waals surface area contributed by atoms with Gasteiger partial charge in [0.15, 0.2) is 5.76 Å². The Morgan fingerprint density at radius 1 is 1.00 bits per heavy atom. The summed E-state index contributed by atoms with van der Waals surface area (Å²) in [5.74, 6) is 1.18. The lowest BCUT2D eigenvalue weighted by Gasteiger charge is -2.07. The average molecular weight is 329 g/mol. The second-order valence-corrected chi connectivity index (χ2v) is 6.96. The van der Waals surface area contributed by atoms with Gasteiger partial charge in [-0.25, -0.2) is 8.42 Å². The van der Waals surface area contributed by atoms with Gasteiger partial charge in [-0.05, 0) is 43.3 Å². The van der Waals surface area contributed by atoms with Crippen LogP contribution in [0.2, 0.25) is 0 Å². The highest BCUT2D eigenvalue weighted by Crippen LogP contribution is 2.23. The van der Waals surface area contributed by atoms with Crippen LogP contribution in [0.4, 0.5) is 0 Å². The number of aryl methyl sites for hydroxylation is 1. The minimum Gasteiger partial charge on any atom is -0.486 e. The van der Waals surface area contributed by atoms with Crippen molar-refractivity contribution >= 4 is 9.84 Å². The molecule has 5 nitrogen and oxygen atoms in total. The van der Waals surface area contributed by atoms with Crippen LogP contribution in [0, 0.1) is 6.92 Å². The van der Waals surface area contributed by atoms with E-state index in [4.69, 9.17) is 9.26 Å². The fourth-order valence-corrected chi connectivity index (χ4v) is 3.37. The number of hydrogen-bond acceptors (Lipinski definition) is 5. The molecule has 23 heavy (non-hydrogen) atoms. The fraction of sp³-hybridized carbons (Fsp3) is 0.118. The Kier molecular flexibility index (Phi) is 4.16. The Morgan fingerprint density at radius 2 is 1.65 bits per heavy atom. The first-order chi connectivity index (χ1) is 11.1. The largest absolute Gasteiger partial charge is 0.486 e. The molecule has 0 N–H and O–H groups in total. The first-order valence-electron chi connectivity index (χ1n) is 7.01. The number of benzene rings is 2. The maximum Gasteiger partial charge on any atom is 0.206 e. The molecule has 0 bridgehead atoms. The van der Waals surface area contributed by atoms with E-state index in [0.717, 1.165) is 5.69 Å². The van der Waals surface area contributed by atoms with Crippen molar-refractivity contribution in [2.75, 3.05) is 0 Å². The van der Waals surface area contributed by atoms with Crippen LogP contribution in [0.25, 0.3) is 0 Å². The van der Waals surface area contributed by atoms with Crippen molar-refractivity contribution in [2.24, 2.45) is 0 Å². The van der Waals surface area contributed by atoms with Crippen molar-refractivity contribution in [3.63, 3.8) is 0 Å². The van der Waals surface area contributed by atoms with E-state index in [2.05, 4.69) is 5.16 Å². The zero-order valence-corrected chi connectivity index (χ0v) is 13.3. The third-order valence-corrected chi connectivity index (χ3v) is 5.03. The molecule has 0 radical (unpaired) electrons. The molecule has 1 aromatic heterocycles. The van der Waals surface area contributed by atoms with Gasteiger partial charge in [-0.15, -0.1) is 0 Å². The number of nitrogens with zero attached hydrogens (tertiary/aromatic N) is 1. The Hall–Kier alpha value is -2.60. The van der Waals surface area contributed by atoms with E-state index in [1.165, 1.54) is 12.1 Å². The van der Waals surface area contributed by atoms with Gasteiger partial charge in [-0.1, -0.05) is 23.4 Å². The van der Waals surface area contributed by atoms with Gasteiger partial charge in [0.25, 0.3) is 0 Å². The zero-order valence-electron chi connectivity index (χ0n) is 12.5. The predicted octanol–water partition coefficient (Wildman–Crippen LogP) is 3.39. The van der Waals surface area contributed by atoms with Crippen LogP contribution in [0.3, 0.4) is 0 Å². The van der Waals surface area contributed by atoms with Crippen molar-refractivity contribution < 1.29 is 17.7 Å². The maximum absolute atomic E-state index is 12.5. The van der Waals surface area contributed by atoms with Crippen LogP contribution >= 0.6 is 0 Å². The first-order valence-corrected chi connectivity index (χ1v) is 8.49. The van der Waals surface area contributed by atoms with Gasteiger partial charge in [0.05, 0.1) is 15.5 Å². The van der Waals surface area contributed by atoms with Gasteiger partial charge in [0, 0.05) is 6.07 Å². The Labute approximate surface area is 134 Å². The molecule has 0 atom stereocenters. The van der Waals surface area contributed by atoms with E-state index in [1.807, 2.05) is 6.92 Å². The van der Waals surface area contributed by atoms with Gasteiger partial charge < -0.3 is 9.26 Å². The minimum absolute atomic E-state index is 0.228. The summed E-state index contributed by atoms with van der Waals surface area (Å²) in [6.07, 6.45) is 0. The summed E-state index contributed by atoms with van der Waals surface area (Å²) >= 11 is 0. The minimum atomic E-state index is -3.50. The van der Waals surface area contributed by atoms with Crippen LogP contribution in [-0.4, -0.2) is 13.6 Å². The number of sulfone groups is 1. The molecule has 0 aliphatic heterocycles. The summed E-state index contributed by atoms with van der Waals surface area (Å²) in [6, 6.07) is 16.4. The molecule has 0 saturated heterocycles. The highest BCUT2D eigenvalue weighted by atomic mass is 32.2. The van der Waals surface area contributed by atoms with E-state index in [0.29, 0.717) is 11.5 Å². The molecule has 1 heterocycles. The molecule has 0 aliphatic rings. The molecule has 3 rings (SSSR count). The molecule has 0 unspecified atom stereocenters. The molecule has 0 spiro atoms. The van der Waals surface area contributed by atoms with E-state index in [9.17, 15) is 8.42 Å². The van der Waals surface area contributed by atoms with E-state index in [1.54, 1.807) is 48.5 Å². The van der Waals surface area contributed by atoms with Crippen molar-refractivity contribution in [3.8, 4) is 5.75 Å². The van der Waals surface area contributed by atoms with Gasteiger partial charge in [-0.2, -0.15) is 0 Å². The molecule has 0 aliphatic carbocycles. The summed E-state index contributed by atoms with van der Waals surface area (Å²) in [5.41, 5.74) is 0.785. The number of hydrogen-bond donors (Lipinski definition) is 0. The topological polar surface area (TPSA) is 69.4 Å². The molecular weight excluding hydrogens is 314 g/mol. The second-order valence-electron chi connectivity index (χ2n) is 5.01. The van der Waals surface area contributed by atoms with Crippen LogP contribution in [0.5, 0.6) is 5.75 Å². The Bertz CT molecular complexity index is 884. The summed E-state index contributed by atoms with van der Waals surface area (Å²) in [4.78, 5) is 0.498. The van der Waals surface area contributed by atoms with E-state index < -0.39 is 9.84 Å². The summed E-state index contributed by atoms with van der Waals surface area (Å²) < 4.78 is 35.5. The van der Waals surface area contributed by atoms with E-state index in [-0.39, 0.29) is 16.4 Å². The van der Waals surface area contributed by atoms with Gasteiger partial charge in [0.2, 0.25) is 9.84 Å². The fourth-order valence-electron chi connectivity index (χ4n) is 2.09. The summed E-state index contributed by atoms with van der Waals surface area (Å²) in [6.45, 7) is 2.07.